The van der Waals surface area contributed by atoms with E-state index in [1.807, 2.05) is 18.2 Å². The van der Waals surface area contributed by atoms with Crippen molar-refractivity contribution in [2.45, 2.75) is 25.4 Å². The third-order valence-electron chi connectivity index (χ3n) is 4.90. The molecule has 2 aromatic carbocycles. The zero-order valence-corrected chi connectivity index (χ0v) is 16.5. The number of piperidine rings is 1. The second kappa shape index (κ2) is 8.84. The number of rotatable bonds is 6. The van der Waals surface area contributed by atoms with Crippen LogP contribution < -0.4 is 10.1 Å². The number of likely N-dealkylation sites (tertiary alicyclic amines) is 1. The van der Waals surface area contributed by atoms with Crippen molar-refractivity contribution >= 4 is 33.1 Å². The van der Waals surface area contributed by atoms with Crippen LogP contribution in [0.2, 0.25) is 0 Å². The van der Waals surface area contributed by atoms with Gasteiger partial charge in [0.2, 0.25) is 5.91 Å². The molecule has 4 rings (SSSR count). The highest BCUT2D eigenvalue weighted by Crippen LogP contribution is 2.32. The van der Waals surface area contributed by atoms with Gasteiger partial charge in [-0.25, -0.2) is 4.98 Å². The van der Waals surface area contributed by atoms with Crippen LogP contribution in [-0.4, -0.2) is 42.0 Å². The average molecular weight is 417 g/mol. The van der Waals surface area contributed by atoms with Crippen LogP contribution in [0.25, 0.3) is 10.2 Å². The minimum absolute atomic E-state index is 0.0627. The lowest BCUT2D eigenvalue weighted by atomic mass is 9.99. The Bertz CT molecular complexity index is 944. The molecule has 0 radical (unpaired) electrons. The normalized spacial score (nSPS) is 17.6. The Balaban J connectivity index is 1.33. The number of carbonyl (C=O) groups is 1. The van der Waals surface area contributed by atoms with Gasteiger partial charge in [-0.2, -0.15) is 8.78 Å². The molecule has 1 aliphatic heterocycles. The number of hydrogen-bond donors (Lipinski definition) is 1. The Morgan fingerprint density at radius 2 is 2.03 bits per heavy atom. The molecule has 1 aromatic heterocycles. The molecule has 5 nitrogen and oxygen atoms in total. The minimum Gasteiger partial charge on any atom is -0.435 e. The summed E-state index contributed by atoms with van der Waals surface area (Å²) in [6, 6.07) is 14.1. The lowest BCUT2D eigenvalue weighted by Crippen LogP contribution is -2.39. The summed E-state index contributed by atoms with van der Waals surface area (Å²) in [4.78, 5) is 19.3. The predicted octanol–water partition coefficient (Wildman–Crippen LogP) is 4.72. The second-order valence-corrected chi connectivity index (χ2v) is 8.11. The van der Waals surface area contributed by atoms with Crippen molar-refractivity contribution in [1.82, 2.24) is 9.88 Å². The Morgan fingerprint density at radius 3 is 2.79 bits per heavy atom. The van der Waals surface area contributed by atoms with Gasteiger partial charge < -0.3 is 10.1 Å². The molecule has 1 fully saturated rings. The topological polar surface area (TPSA) is 54.5 Å². The molecule has 1 saturated heterocycles. The maximum Gasteiger partial charge on any atom is 0.387 e. The van der Waals surface area contributed by atoms with E-state index in [1.54, 1.807) is 23.5 Å². The molecule has 0 saturated carbocycles. The fraction of sp³-hybridized carbons (Fsp3) is 0.333. The molecule has 1 aliphatic rings. The van der Waals surface area contributed by atoms with Gasteiger partial charge in [-0.1, -0.05) is 12.1 Å². The average Bonchev–Trinajstić information content (AvgIpc) is 3.14. The summed E-state index contributed by atoms with van der Waals surface area (Å²) in [5, 5.41) is 3.94. The molecule has 1 amide bonds. The van der Waals surface area contributed by atoms with E-state index >= 15 is 0 Å². The highest BCUT2D eigenvalue weighted by Gasteiger charge is 2.25. The first-order valence-corrected chi connectivity index (χ1v) is 10.3. The van der Waals surface area contributed by atoms with E-state index in [2.05, 4.69) is 21.0 Å². The van der Waals surface area contributed by atoms with E-state index in [1.165, 1.54) is 16.8 Å². The third-order valence-corrected chi connectivity index (χ3v) is 6.09. The first-order chi connectivity index (χ1) is 14.1. The quantitative estimate of drug-likeness (QED) is 0.631. The number of anilines is 1. The van der Waals surface area contributed by atoms with Gasteiger partial charge in [0, 0.05) is 18.2 Å². The number of fused-ring (bicyclic) bond motifs is 1. The van der Waals surface area contributed by atoms with Crippen LogP contribution in [0.1, 0.15) is 23.8 Å². The molecule has 1 N–H and O–H groups in total. The van der Waals surface area contributed by atoms with Gasteiger partial charge in [0.1, 0.15) is 5.75 Å². The van der Waals surface area contributed by atoms with Crippen LogP contribution in [0, 0.1) is 0 Å². The van der Waals surface area contributed by atoms with Crippen LogP contribution in [0.4, 0.5) is 14.5 Å². The summed E-state index contributed by atoms with van der Waals surface area (Å²) in [7, 11) is 0. The van der Waals surface area contributed by atoms with Gasteiger partial charge in [-0.05, 0) is 55.8 Å². The van der Waals surface area contributed by atoms with E-state index in [-0.39, 0.29) is 18.2 Å². The number of amides is 1. The van der Waals surface area contributed by atoms with Crippen LogP contribution in [0.3, 0.4) is 0 Å². The summed E-state index contributed by atoms with van der Waals surface area (Å²) in [6.45, 7) is -0.904. The predicted molar refractivity (Wildman–Crippen MR) is 110 cm³/mol. The largest absolute Gasteiger partial charge is 0.435 e. The summed E-state index contributed by atoms with van der Waals surface area (Å²) < 4.78 is 29.9. The Labute approximate surface area is 171 Å². The Hall–Kier alpha value is -2.58. The number of para-hydroxylation sites is 1. The monoisotopic (exact) mass is 417 g/mol. The van der Waals surface area contributed by atoms with Crippen molar-refractivity contribution in [1.29, 1.82) is 0 Å². The molecule has 8 heteroatoms. The third kappa shape index (κ3) is 5.07. The first kappa shape index (κ1) is 19.7. The Kier molecular flexibility index (Phi) is 6.01. The molecule has 1 atom stereocenters. The van der Waals surface area contributed by atoms with E-state index < -0.39 is 6.61 Å². The number of alkyl halides is 2. The van der Waals surface area contributed by atoms with Crippen molar-refractivity contribution in [2.75, 3.05) is 25.0 Å². The minimum atomic E-state index is -2.86. The van der Waals surface area contributed by atoms with Crippen molar-refractivity contribution in [3.63, 3.8) is 0 Å². The fourth-order valence-corrected chi connectivity index (χ4v) is 4.68. The van der Waals surface area contributed by atoms with E-state index in [9.17, 15) is 13.6 Å². The smallest absolute Gasteiger partial charge is 0.387 e. The van der Waals surface area contributed by atoms with Crippen LogP contribution in [0.5, 0.6) is 5.75 Å². The summed E-state index contributed by atoms with van der Waals surface area (Å²) in [6.07, 6.45) is 2.09. The maximum absolute atomic E-state index is 12.4. The summed E-state index contributed by atoms with van der Waals surface area (Å²) in [5.41, 5.74) is 1.58. The summed E-state index contributed by atoms with van der Waals surface area (Å²) >= 11 is 1.73. The van der Waals surface area contributed by atoms with Gasteiger partial charge in [-0.15, -0.1) is 11.3 Å². The molecular formula is C21H21F2N3O2S. The zero-order valence-electron chi connectivity index (χ0n) is 15.7. The number of halogens is 2. The number of benzene rings is 2. The second-order valence-electron chi connectivity index (χ2n) is 7.05. The van der Waals surface area contributed by atoms with Gasteiger partial charge in [0.05, 0.1) is 21.8 Å². The van der Waals surface area contributed by atoms with Crippen LogP contribution in [-0.2, 0) is 4.79 Å². The SMILES string of the molecule is O=C(CN1CCC[C@@H](c2nc3ccccc3s2)C1)Nc1ccc(OC(F)F)cc1. The van der Waals surface area contributed by atoms with Gasteiger partial charge in [-0.3, -0.25) is 9.69 Å². The summed E-state index contributed by atoms with van der Waals surface area (Å²) in [5.74, 6) is 0.268. The van der Waals surface area contributed by atoms with Crippen molar-refractivity contribution in [2.24, 2.45) is 0 Å². The molecule has 29 heavy (non-hydrogen) atoms. The van der Waals surface area contributed by atoms with E-state index in [0.29, 0.717) is 11.6 Å². The lowest BCUT2D eigenvalue weighted by Gasteiger charge is -2.31. The molecule has 152 valence electrons. The van der Waals surface area contributed by atoms with Crippen LogP contribution in [0.15, 0.2) is 48.5 Å². The number of aromatic nitrogens is 1. The molecule has 0 aliphatic carbocycles. The highest BCUT2D eigenvalue weighted by atomic mass is 32.1. The Morgan fingerprint density at radius 1 is 1.24 bits per heavy atom. The van der Waals surface area contributed by atoms with Gasteiger partial charge in [0.25, 0.3) is 0 Å². The number of nitrogens with one attached hydrogen (secondary N) is 1. The molecule has 0 bridgehead atoms. The number of thiazole rings is 1. The standard InChI is InChI=1S/C21H21F2N3O2S/c22-21(23)28-16-9-7-15(8-10-16)24-19(27)13-26-11-3-4-14(12-26)20-25-17-5-1-2-6-18(17)29-20/h1-2,5-10,14,21H,3-4,11-13H2,(H,24,27)/t14-/m1/s1. The number of ether oxygens (including phenoxy) is 1. The highest BCUT2D eigenvalue weighted by molar-refractivity contribution is 7.18. The zero-order chi connectivity index (χ0) is 20.2. The molecular weight excluding hydrogens is 396 g/mol. The van der Waals surface area contributed by atoms with Crippen molar-refractivity contribution < 1.29 is 18.3 Å². The van der Waals surface area contributed by atoms with E-state index in [4.69, 9.17) is 4.98 Å². The van der Waals surface area contributed by atoms with Gasteiger partial charge in [0.15, 0.2) is 0 Å². The molecule has 0 unspecified atom stereocenters. The molecule has 2 heterocycles. The van der Waals surface area contributed by atoms with Crippen LogP contribution >= 0.6 is 11.3 Å². The van der Waals surface area contributed by atoms with Gasteiger partial charge >= 0.3 is 6.61 Å². The van der Waals surface area contributed by atoms with Crippen molar-refractivity contribution in [3.8, 4) is 5.75 Å². The number of nitrogens with zero attached hydrogens (tertiary/aromatic N) is 2. The maximum atomic E-state index is 12.4. The van der Waals surface area contributed by atoms with E-state index in [0.717, 1.165) is 36.5 Å². The van der Waals surface area contributed by atoms with Crippen molar-refractivity contribution in [3.05, 3.63) is 53.5 Å². The molecule has 3 aromatic rings. The molecule has 0 spiro atoms. The number of carbonyl (C=O) groups excluding carboxylic acids is 1. The lowest BCUT2D eigenvalue weighted by molar-refractivity contribution is -0.117. The number of hydrogen-bond acceptors (Lipinski definition) is 5. The fourth-order valence-electron chi connectivity index (χ4n) is 3.59. The first-order valence-electron chi connectivity index (χ1n) is 9.49.